The van der Waals surface area contributed by atoms with E-state index in [4.69, 9.17) is 28.9 Å². The first kappa shape index (κ1) is 13.7. The van der Waals surface area contributed by atoms with Gasteiger partial charge in [-0.15, -0.1) is 0 Å². The Balaban J connectivity index is 1.75. The molecule has 0 spiro atoms. The Morgan fingerprint density at radius 1 is 1.36 bits per heavy atom. The van der Waals surface area contributed by atoms with Gasteiger partial charge in [0, 0.05) is 17.6 Å². The van der Waals surface area contributed by atoms with E-state index >= 15 is 0 Å². The molecule has 1 aliphatic heterocycles. The smallest absolute Gasteiger partial charge is 0.223 e. The minimum absolute atomic E-state index is 0.111. The summed E-state index contributed by atoms with van der Waals surface area (Å²) in [5.41, 5.74) is 6.46. The highest BCUT2D eigenvalue weighted by Crippen LogP contribution is 2.21. The van der Waals surface area contributed by atoms with Crippen molar-refractivity contribution in [2.45, 2.75) is 12.2 Å². The molecule has 0 aliphatic carbocycles. The number of fused-ring (bicyclic) bond motifs is 2. The number of anilines is 1. The fourth-order valence-corrected chi connectivity index (χ4v) is 3.49. The molecule has 0 radical (unpaired) electrons. The molecule has 3 aromatic rings. The molecule has 3 aromatic heterocycles. The van der Waals surface area contributed by atoms with Crippen LogP contribution in [-0.2, 0) is 6.67 Å². The van der Waals surface area contributed by atoms with E-state index in [0.29, 0.717) is 17.8 Å². The van der Waals surface area contributed by atoms with Crippen LogP contribution in [-0.4, -0.2) is 34.3 Å². The van der Waals surface area contributed by atoms with E-state index in [0.717, 1.165) is 9.75 Å². The first-order valence-corrected chi connectivity index (χ1v) is 7.88. The molecule has 4 rings (SSSR count). The largest absolute Gasteiger partial charge is 0.368 e. The molecule has 112 valence electrons. The number of nitrogen functional groups attached to an aromatic ring is 1. The molecule has 0 aromatic carbocycles. The maximum Gasteiger partial charge on any atom is 0.223 e. The highest BCUT2D eigenvalue weighted by Gasteiger charge is 2.17. The van der Waals surface area contributed by atoms with Crippen LogP contribution in [0.15, 0.2) is 12.5 Å². The van der Waals surface area contributed by atoms with Crippen molar-refractivity contribution >= 4 is 64.1 Å². The summed E-state index contributed by atoms with van der Waals surface area (Å²) in [5, 5.41) is 1.28. The Hall–Kier alpha value is -1.90. The average Bonchev–Trinajstić information content (AvgIpc) is 3.06. The quantitative estimate of drug-likeness (QED) is 0.412. The lowest BCUT2D eigenvalue weighted by Gasteiger charge is -2.25. The van der Waals surface area contributed by atoms with Crippen LogP contribution in [0, 0.1) is 0 Å². The summed E-state index contributed by atoms with van der Waals surface area (Å²) in [6, 6.07) is 0. The van der Waals surface area contributed by atoms with Crippen molar-refractivity contribution in [2.24, 2.45) is 0 Å². The third-order valence-electron chi connectivity index (χ3n) is 3.29. The summed E-state index contributed by atoms with van der Waals surface area (Å²) < 4.78 is 7.06. The van der Waals surface area contributed by atoms with Crippen molar-refractivity contribution in [3.05, 3.63) is 27.4 Å². The summed E-state index contributed by atoms with van der Waals surface area (Å²) in [5.74, 6) is 0.111. The number of hydrogen-bond donors (Lipinski definition) is 1. The second-order valence-corrected chi connectivity index (χ2v) is 6.37. The van der Waals surface area contributed by atoms with E-state index in [1.807, 2.05) is 27.9 Å². The van der Waals surface area contributed by atoms with Gasteiger partial charge < -0.3 is 10.6 Å². The molecule has 1 atom stereocenters. The average molecular weight is 354 g/mol. The van der Waals surface area contributed by atoms with E-state index in [2.05, 4.69) is 19.3 Å². The molecule has 0 amide bonds. The molecular weight excluding hydrogens is 345 g/mol. The van der Waals surface area contributed by atoms with Crippen LogP contribution in [0.25, 0.3) is 23.4 Å². The normalized spacial score (nSPS) is 17.2. The van der Waals surface area contributed by atoms with Gasteiger partial charge >= 0.3 is 0 Å². The second kappa shape index (κ2) is 5.08. The standard InChI is InChI=1S/C12H9Cl2N7S/c13-8-1-7-6(2-17-22-7)3-20(8)5-21-4-16-9-10(14)18-12(15)19-11(9)21/h1-4,8H,5H2,(H2,15,18,19). The Kier molecular flexibility index (Phi) is 3.17. The highest BCUT2D eigenvalue weighted by molar-refractivity contribution is 7.03. The lowest BCUT2D eigenvalue weighted by atomic mass is 10.3. The number of rotatable bonds is 2. The van der Waals surface area contributed by atoms with Crippen LogP contribution in [0.5, 0.6) is 0 Å². The summed E-state index contributed by atoms with van der Waals surface area (Å²) in [4.78, 5) is 14.3. The van der Waals surface area contributed by atoms with E-state index in [-0.39, 0.29) is 16.6 Å². The van der Waals surface area contributed by atoms with Crippen molar-refractivity contribution in [1.82, 2.24) is 28.8 Å². The lowest BCUT2D eigenvalue weighted by molar-refractivity contribution is 0.351. The lowest BCUT2D eigenvalue weighted by Crippen LogP contribution is -2.37. The summed E-state index contributed by atoms with van der Waals surface area (Å²) >= 11 is 13.9. The number of aromatic nitrogens is 5. The fourth-order valence-electron chi connectivity index (χ4n) is 2.27. The van der Waals surface area contributed by atoms with Crippen molar-refractivity contribution in [3.63, 3.8) is 0 Å². The van der Waals surface area contributed by atoms with Crippen LogP contribution in [0.3, 0.4) is 0 Å². The van der Waals surface area contributed by atoms with Crippen LogP contribution in [0.2, 0.25) is 5.15 Å². The molecule has 0 fully saturated rings. The molecule has 10 heteroatoms. The second-order valence-electron chi connectivity index (χ2n) is 4.73. The van der Waals surface area contributed by atoms with E-state index in [1.165, 1.54) is 11.5 Å². The summed E-state index contributed by atoms with van der Waals surface area (Å²) in [6.07, 6.45) is 7.39. The van der Waals surface area contributed by atoms with Gasteiger partial charge in [0.2, 0.25) is 5.95 Å². The van der Waals surface area contributed by atoms with Gasteiger partial charge in [0.05, 0.1) is 17.5 Å². The molecule has 0 bridgehead atoms. The molecule has 7 nitrogen and oxygen atoms in total. The molecular formula is C12H9Cl2N7S. The zero-order valence-corrected chi connectivity index (χ0v) is 13.3. The van der Waals surface area contributed by atoms with Crippen molar-refractivity contribution in [2.75, 3.05) is 5.73 Å². The minimum Gasteiger partial charge on any atom is -0.368 e. The molecule has 1 aliphatic rings. The van der Waals surface area contributed by atoms with Gasteiger partial charge in [-0.2, -0.15) is 14.3 Å². The monoisotopic (exact) mass is 353 g/mol. The van der Waals surface area contributed by atoms with Crippen LogP contribution in [0.1, 0.15) is 0 Å². The summed E-state index contributed by atoms with van der Waals surface area (Å²) in [6.45, 7) is 0.462. The number of hydrogen-bond acceptors (Lipinski definition) is 7. The fraction of sp³-hybridized carbons (Fsp3) is 0.167. The molecule has 1 unspecified atom stereocenters. The third-order valence-corrected chi connectivity index (χ3v) is 4.71. The van der Waals surface area contributed by atoms with Crippen LogP contribution in [0.4, 0.5) is 5.95 Å². The molecule has 4 heterocycles. The molecule has 0 saturated carbocycles. The Labute approximate surface area is 138 Å². The van der Waals surface area contributed by atoms with Gasteiger partial charge in [0.25, 0.3) is 0 Å². The zero-order valence-electron chi connectivity index (χ0n) is 11.0. The maximum atomic E-state index is 6.40. The van der Waals surface area contributed by atoms with Gasteiger partial charge in [0.15, 0.2) is 10.8 Å². The van der Waals surface area contributed by atoms with Crippen molar-refractivity contribution in [1.29, 1.82) is 0 Å². The van der Waals surface area contributed by atoms with Crippen LogP contribution >= 0.6 is 34.7 Å². The van der Waals surface area contributed by atoms with E-state index in [1.54, 1.807) is 6.33 Å². The molecule has 2 N–H and O–H groups in total. The van der Waals surface area contributed by atoms with Crippen molar-refractivity contribution < 1.29 is 0 Å². The number of nitrogens with zero attached hydrogens (tertiary/aromatic N) is 6. The SMILES string of the molecule is Nc1nc(Cl)c2ncn(CN3C=c4cnsc4=CC3Cl)c2n1. The van der Waals surface area contributed by atoms with E-state index < -0.39 is 0 Å². The third kappa shape index (κ3) is 2.20. The zero-order chi connectivity index (χ0) is 15.3. The van der Waals surface area contributed by atoms with Gasteiger partial charge in [-0.3, -0.25) is 4.57 Å². The maximum absolute atomic E-state index is 6.40. The van der Waals surface area contributed by atoms with Gasteiger partial charge in [0.1, 0.15) is 11.0 Å². The first-order valence-electron chi connectivity index (χ1n) is 6.30. The summed E-state index contributed by atoms with van der Waals surface area (Å²) in [7, 11) is 0. The number of halogens is 2. The number of imidazole rings is 1. The first-order chi connectivity index (χ1) is 10.6. The number of nitrogens with two attached hydrogens (primary N) is 1. The van der Waals surface area contributed by atoms with Gasteiger partial charge in [-0.25, -0.2) is 4.98 Å². The molecule has 0 saturated heterocycles. The topological polar surface area (TPSA) is 85.8 Å². The van der Waals surface area contributed by atoms with E-state index in [9.17, 15) is 0 Å². The van der Waals surface area contributed by atoms with Crippen molar-refractivity contribution in [3.8, 4) is 0 Å². The minimum atomic E-state index is -0.278. The number of alkyl halides is 1. The van der Waals surface area contributed by atoms with Crippen LogP contribution < -0.4 is 15.5 Å². The Morgan fingerprint density at radius 3 is 3.09 bits per heavy atom. The predicted molar refractivity (Wildman–Crippen MR) is 86.5 cm³/mol. The predicted octanol–water partition coefficient (Wildman–Crippen LogP) is 0.575. The van der Waals surface area contributed by atoms with Gasteiger partial charge in [-0.05, 0) is 17.6 Å². The Bertz CT molecular complexity index is 979. The highest BCUT2D eigenvalue weighted by atomic mass is 35.5. The van der Waals surface area contributed by atoms with Gasteiger partial charge in [-0.1, -0.05) is 23.2 Å². The Morgan fingerprint density at radius 2 is 2.23 bits per heavy atom. The molecule has 22 heavy (non-hydrogen) atoms.